The van der Waals surface area contributed by atoms with Crippen molar-refractivity contribution in [2.45, 2.75) is 24.8 Å². The van der Waals surface area contributed by atoms with Crippen LogP contribution in [0.15, 0.2) is 59.6 Å². The van der Waals surface area contributed by atoms with E-state index in [-0.39, 0.29) is 35.1 Å². The van der Waals surface area contributed by atoms with Gasteiger partial charge in [-0.05, 0) is 24.0 Å². The topological polar surface area (TPSA) is 79.6 Å². The van der Waals surface area contributed by atoms with Gasteiger partial charge in [-0.15, -0.1) is 24.0 Å². The van der Waals surface area contributed by atoms with Crippen molar-refractivity contribution in [3.05, 3.63) is 75.8 Å². The number of guanidine groups is 1. The molecule has 0 saturated heterocycles. The van der Waals surface area contributed by atoms with Crippen molar-refractivity contribution < 1.29 is 4.92 Å². The Balaban J connectivity index is 0.00000243. The number of halogens is 1. The van der Waals surface area contributed by atoms with E-state index < -0.39 is 4.92 Å². The molecule has 0 heterocycles. The number of benzene rings is 2. The quantitative estimate of drug-likeness (QED) is 0.224. The summed E-state index contributed by atoms with van der Waals surface area (Å²) >= 11 is 0. The Hall–Kier alpha value is -2.16. The van der Waals surface area contributed by atoms with Gasteiger partial charge in [0.1, 0.15) is 0 Å². The Kier molecular flexibility index (Phi) is 6.96. The molecule has 1 aliphatic rings. The van der Waals surface area contributed by atoms with Gasteiger partial charge in [-0.25, -0.2) is 0 Å². The molecule has 0 amide bonds. The highest BCUT2D eigenvalue weighted by molar-refractivity contribution is 14.0. The van der Waals surface area contributed by atoms with Crippen LogP contribution in [0.5, 0.6) is 0 Å². The Morgan fingerprint density at radius 3 is 2.31 bits per heavy atom. The number of hydrogen-bond acceptors (Lipinski definition) is 3. The molecule has 0 spiro atoms. The van der Waals surface area contributed by atoms with Crippen LogP contribution < -0.4 is 10.6 Å². The van der Waals surface area contributed by atoms with E-state index in [1.807, 2.05) is 6.07 Å². The third-order valence-corrected chi connectivity index (χ3v) is 4.66. The van der Waals surface area contributed by atoms with Crippen LogP contribution in [0.2, 0.25) is 0 Å². The third kappa shape index (κ3) is 4.94. The molecule has 0 aliphatic heterocycles. The van der Waals surface area contributed by atoms with E-state index in [9.17, 15) is 10.1 Å². The summed E-state index contributed by atoms with van der Waals surface area (Å²) in [4.78, 5) is 14.6. The van der Waals surface area contributed by atoms with Crippen molar-refractivity contribution in [1.29, 1.82) is 0 Å². The first-order valence-corrected chi connectivity index (χ1v) is 8.36. The van der Waals surface area contributed by atoms with E-state index in [0.717, 1.165) is 18.1 Å². The average molecular weight is 466 g/mol. The fourth-order valence-corrected chi connectivity index (χ4v) is 2.90. The zero-order chi connectivity index (χ0) is 17.7. The van der Waals surface area contributed by atoms with Crippen LogP contribution >= 0.6 is 24.0 Å². The van der Waals surface area contributed by atoms with Gasteiger partial charge in [-0.2, -0.15) is 0 Å². The van der Waals surface area contributed by atoms with Gasteiger partial charge < -0.3 is 10.6 Å². The lowest BCUT2D eigenvalue weighted by molar-refractivity contribution is -0.384. The van der Waals surface area contributed by atoms with Gasteiger partial charge in [-0.3, -0.25) is 15.1 Å². The summed E-state index contributed by atoms with van der Waals surface area (Å²) in [6.07, 6.45) is 2.37. The summed E-state index contributed by atoms with van der Waals surface area (Å²) in [5.41, 5.74) is 2.66. The van der Waals surface area contributed by atoms with Gasteiger partial charge in [0.05, 0.1) is 4.92 Å². The lowest BCUT2D eigenvalue weighted by Gasteiger charge is -2.19. The summed E-state index contributed by atoms with van der Waals surface area (Å²) in [6, 6.07) is 17.1. The monoisotopic (exact) mass is 466 g/mol. The van der Waals surface area contributed by atoms with Crippen molar-refractivity contribution in [2.75, 3.05) is 13.6 Å². The van der Waals surface area contributed by atoms with Crippen LogP contribution in [0.1, 0.15) is 24.0 Å². The zero-order valence-electron chi connectivity index (χ0n) is 14.6. The van der Waals surface area contributed by atoms with E-state index in [0.29, 0.717) is 6.54 Å². The molecule has 1 aliphatic carbocycles. The van der Waals surface area contributed by atoms with Crippen LogP contribution in [0.4, 0.5) is 5.69 Å². The minimum Gasteiger partial charge on any atom is -0.356 e. The maximum atomic E-state index is 10.7. The van der Waals surface area contributed by atoms with Crippen LogP contribution in [-0.2, 0) is 12.0 Å². The predicted octanol–water partition coefficient (Wildman–Crippen LogP) is 3.61. The van der Waals surface area contributed by atoms with Crippen LogP contribution in [0.3, 0.4) is 0 Å². The molecule has 138 valence electrons. The molecule has 6 nitrogen and oxygen atoms in total. The lowest BCUT2D eigenvalue weighted by Crippen LogP contribution is -2.40. The van der Waals surface area contributed by atoms with E-state index in [1.165, 1.54) is 30.5 Å². The second-order valence-electron chi connectivity index (χ2n) is 6.35. The molecule has 2 aromatic rings. The molecule has 3 rings (SSSR count). The van der Waals surface area contributed by atoms with E-state index in [2.05, 4.69) is 39.9 Å². The van der Waals surface area contributed by atoms with Crippen molar-refractivity contribution >= 4 is 35.6 Å². The second-order valence-corrected chi connectivity index (χ2v) is 6.35. The summed E-state index contributed by atoms with van der Waals surface area (Å²) in [6.45, 7) is 1.41. The molecule has 1 saturated carbocycles. The maximum absolute atomic E-state index is 10.7. The first-order valence-electron chi connectivity index (χ1n) is 8.36. The first-order chi connectivity index (χ1) is 12.1. The molecule has 0 atom stereocenters. The summed E-state index contributed by atoms with van der Waals surface area (Å²) in [5.74, 6) is 0.737. The fourth-order valence-electron chi connectivity index (χ4n) is 2.90. The highest BCUT2D eigenvalue weighted by atomic mass is 127. The van der Waals surface area contributed by atoms with Gasteiger partial charge in [-0.1, -0.05) is 42.5 Å². The van der Waals surface area contributed by atoms with Crippen molar-refractivity contribution in [1.82, 2.24) is 10.6 Å². The van der Waals surface area contributed by atoms with E-state index in [4.69, 9.17) is 0 Å². The summed E-state index contributed by atoms with van der Waals surface area (Å²) < 4.78 is 0. The van der Waals surface area contributed by atoms with Crippen molar-refractivity contribution in [3.63, 3.8) is 0 Å². The van der Waals surface area contributed by atoms with Gasteiger partial charge in [0, 0.05) is 37.7 Å². The van der Waals surface area contributed by atoms with Crippen LogP contribution in [0.25, 0.3) is 0 Å². The molecule has 1 fully saturated rings. The Morgan fingerprint density at radius 2 is 1.77 bits per heavy atom. The standard InChI is InChI=1S/C19H22N4O2.HI/c1-20-18(21-13-15-7-9-17(10-8-15)23(24)25)22-14-19(11-12-19)16-5-3-2-4-6-16;/h2-10H,11-14H2,1H3,(H2,20,21,22);1H. The number of aliphatic imine (C=N–C) groups is 1. The minimum atomic E-state index is -0.393. The highest BCUT2D eigenvalue weighted by Gasteiger charge is 2.43. The third-order valence-electron chi connectivity index (χ3n) is 4.66. The average Bonchev–Trinajstić information content (AvgIpc) is 3.44. The van der Waals surface area contributed by atoms with Crippen LogP contribution in [-0.4, -0.2) is 24.5 Å². The lowest BCUT2D eigenvalue weighted by atomic mass is 9.96. The van der Waals surface area contributed by atoms with Gasteiger partial charge >= 0.3 is 0 Å². The van der Waals surface area contributed by atoms with E-state index >= 15 is 0 Å². The molecular formula is C19H23IN4O2. The molecule has 2 N–H and O–H groups in total. The molecule has 0 unspecified atom stereocenters. The maximum Gasteiger partial charge on any atom is 0.269 e. The minimum absolute atomic E-state index is 0. The fraction of sp³-hybridized carbons (Fsp3) is 0.316. The summed E-state index contributed by atoms with van der Waals surface area (Å²) in [7, 11) is 1.74. The summed E-state index contributed by atoms with van der Waals surface area (Å²) in [5, 5.41) is 17.3. The van der Waals surface area contributed by atoms with Gasteiger partial charge in [0.2, 0.25) is 0 Å². The van der Waals surface area contributed by atoms with Gasteiger partial charge in [0.15, 0.2) is 5.96 Å². The molecule has 7 heteroatoms. The number of nitrogens with one attached hydrogen (secondary N) is 2. The number of hydrogen-bond donors (Lipinski definition) is 2. The highest BCUT2D eigenvalue weighted by Crippen LogP contribution is 2.47. The number of nitro groups is 1. The molecule has 0 bridgehead atoms. The van der Waals surface area contributed by atoms with Crippen molar-refractivity contribution in [3.8, 4) is 0 Å². The SMILES string of the molecule is CN=C(NCc1ccc([N+](=O)[O-])cc1)NCC1(c2ccccc2)CC1.I. The van der Waals surface area contributed by atoms with E-state index in [1.54, 1.807) is 19.2 Å². The molecule has 2 aromatic carbocycles. The Bertz CT molecular complexity index is 759. The smallest absolute Gasteiger partial charge is 0.269 e. The second kappa shape index (κ2) is 8.98. The largest absolute Gasteiger partial charge is 0.356 e. The number of nitrogens with zero attached hydrogens (tertiary/aromatic N) is 2. The number of rotatable bonds is 6. The van der Waals surface area contributed by atoms with Crippen molar-refractivity contribution in [2.24, 2.45) is 4.99 Å². The Morgan fingerprint density at radius 1 is 1.12 bits per heavy atom. The van der Waals surface area contributed by atoms with Gasteiger partial charge in [0.25, 0.3) is 5.69 Å². The predicted molar refractivity (Wildman–Crippen MR) is 114 cm³/mol. The normalized spacial score (nSPS) is 14.9. The number of non-ortho nitro benzene ring substituents is 1. The number of nitro benzene ring substituents is 1. The zero-order valence-corrected chi connectivity index (χ0v) is 17.0. The molecular weight excluding hydrogens is 443 g/mol. The molecule has 0 radical (unpaired) electrons. The molecule has 0 aromatic heterocycles. The molecule has 26 heavy (non-hydrogen) atoms. The van der Waals surface area contributed by atoms with Crippen LogP contribution in [0, 0.1) is 10.1 Å². The first kappa shape index (κ1) is 20.2. The Labute approximate surface area is 170 Å².